The minimum Gasteiger partial charge on any atom is -0.378 e. The second-order valence-corrected chi connectivity index (χ2v) is 6.84. The van der Waals surface area contributed by atoms with Crippen LogP contribution < -0.4 is 4.90 Å². The molecular weight excluding hydrogens is 352 g/mol. The predicted octanol–water partition coefficient (Wildman–Crippen LogP) is 4.10. The smallest absolute Gasteiger partial charge is 0.193 e. The Bertz CT molecular complexity index is 1120. The number of fused-ring (bicyclic) bond motifs is 1. The van der Waals surface area contributed by atoms with E-state index in [0.717, 1.165) is 52.5 Å². The van der Waals surface area contributed by atoms with E-state index in [4.69, 9.17) is 14.2 Å². The Morgan fingerprint density at radius 1 is 0.964 bits per heavy atom. The summed E-state index contributed by atoms with van der Waals surface area (Å²) in [5.74, 6) is 0.936. The number of aryl methyl sites for hydroxylation is 1. The zero-order chi connectivity index (χ0) is 18.9. The van der Waals surface area contributed by atoms with E-state index < -0.39 is 0 Å². The molecule has 0 amide bonds. The van der Waals surface area contributed by atoms with Gasteiger partial charge in [0.1, 0.15) is 17.0 Å². The molecule has 0 saturated carbocycles. The van der Waals surface area contributed by atoms with E-state index in [1.54, 1.807) is 0 Å². The minimum atomic E-state index is 0.694. The summed E-state index contributed by atoms with van der Waals surface area (Å²) in [4.78, 5) is 11.8. The monoisotopic (exact) mass is 372 g/mol. The van der Waals surface area contributed by atoms with Crippen molar-refractivity contribution >= 4 is 16.9 Å². The van der Waals surface area contributed by atoms with Gasteiger partial charge in [-0.1, -0.05) is 35.5 Å². The molecule has 140 valence electrons. The van der Waals surface area contributed by atoms with Crippen molar-refractivity contribution < 1.29 is 9.26 Å². The first-order valence-electron chi connectivity index (χ1n) is 9.42. The summed E-state index contributed by atoms with van der Waals surface area (Å²) in [6.07, 6.45) is 1.83. The van der Waals surface area contributed by atoms with Crippen LogP contribution in [0.15, 0.2) is 59.3 Å². The van der Waals surface area contributed by atoms with Crippen LogP contribution in [-0.4, -0.2) is 41.4 Å². The van der Waals surface area contributed by atoms with Gasteiger partial charge in [0.05, 0.1) is 18.9 Å². The molecule has 0 aliphatic carbocycles. The average Bonchev–Trinajstić information content (AvgIpc) is 3.15. The van der Waals surface area contributed by atoms with E-state index in [9.17, 15) is 0 Å². The van der Waals surface area contributed by atoms with Gasteiger partial charge in [0.2, 0.25) is 0 Å². The van der Waals surface area contributed by atoms with Crippen LogP contribution in [0.2, 0.25) is 0 Å². The van der Waals surface area contributed by atoms with Crippen LogP contribution in [0, 0.1) is 6.92 Å². The fourth-order valence-electron chi connectivity index (χ4n) is 3.62. The number of hydrogen-bond donors (Lipinski definition) is 0. The first kappa shape index (κ1) is 16.9. The lowest BCUT2D eigenvalue weighted by Gasteiger charge is -2.29. The Morgan fingerprint density at radius 3 is 2.61 bits per heavy atom. The molecule has 4 heterocycles. The van der Waals surface area contributed by atoms with Gasteiger partial charge in [0, 0.05) is 36.0 Å². The van der Waals surface area contributed by atoms with Crippen molar-refractivity contribution in [3.63, 3.8) is 0 Å². The minimum absolute atomic E-state index is 0.694. The molecule has 1 saturated heterocycles. The molecule has 28 heavy (non-hydrogen) atoms. The summed E-state index contributed by atoms with van der Waals surface area (Å²) in [7, 11) is 0. The van der Waals surface area contributed by atoms with E-state index in [1.807, 2.05) is 37.4 Å². The Hall–Kier alpha value is -3.25. The summed E-state index contributed by atoms with van der Waals surface area (Å²) in [6, 6.07) is 16.3. The molecule has 0 radical (unpaired) electrons. The molecular formula is C22H20N4O2. The van der Waals surface area contributed by atoms with Crippen molar-refractivity contribution in [2.24, 2.45) is 0 Å². The fraction of sp³-hybridized carbons (Fsp3) is 0.227. The number of benzene rings is 1. The Kier molecular flexibility index (Phi) is 4.25. The van der Waals surface area contributed by atoms with Crippen molar-refractivity contribution in [1.82, 2.24) is 15.1 Å². The maximum Gasteiger partial charge on any atom is 0.193 e. The van der Waals surface area contributed by atoms with Crippen LogP contribution in [0.25, 0.3) is 33.5 Å². The largest absolute Gasteiger partial charge is 0.378 e. The molecule has 4 aromatic rings. The van der Waals surface area contributed by atoms with Gasteiger partial charge in [-0.25, -0.2) is 9.97 Å². The standard InChI is InChI=1S/C22H20N4O2/c1-15-20-21(28-25-15)18(14-19(24-20)16-6-3-2-4-7-16)17-8-5-9-23-22(17)26-10-12-27-13-11-26/h2-9,14H,10-13H2,1H3. The van der Waals surface area contributed by atoms with Crippen molar-refractivity contribution in [3.05, 3.63) is 60.4 Å². The molecule has 6 nitrogen and oxygen atoms in total. The number of rotatable bonds is 3. The normalized spacial score (nSPS) is 14.5. The highest BCUT2D eigenvalue weighted by Crippen LogP contribution is 2.37. The van der Waals surface area contributed by atoms with Crippen molar-refractivity contribution in [3.8, 4) is 22.4 Å². The fourth-order valence-corrected chi connectivity index (χ4v) is 3.62. The third kappa shape index (κ3) is 2.92. The number of aromatic nitrogens is 3. The quantitative estimate of drug-likeness (QED) is 0.540. The molecule has 1 aromatic carbocycles. The molecule has 5 rings (SSSR count). The van der Waals surface area contributed by atoms with Gasteiger partial charge >= 0.3 is 0 Å². The van der Waals surface area contributed by atoms with E-state index in [0.29, 0.717) is 18.8 Å². The third-order valence-corrected chi connectivity index (χ3v) is 5.05. The van der Waals surface area contributed by atoms with Crippen LogP contribution in [0.3, 0.4) is 0 Å². The predicted molar refractivity (Wildman–Crippen MR) is 108 cm³/mol. The second kappa shape index (κ2) is 7.05. The van der Waals surface area contributed by atoms with Gasteiger partial charge in [-0.3, -0.25) is 0 Å². The highest BCUT2D eigenvalue weighted by Gasteiger charge is 2.21. The molecule has 0 atom stereocenters. The topological polar surface area (TPSA) is 64.3 Å². The summed E-state index contributed by atoms with van der Waals surface area (Å²) in [6.45, 7) is 4.97. The SMILES string of the molecule is Cc1noc2c(-c3cccnc3N3CCOCC3)cc(-c3ccccc3)nc12. The maximum absolute atomic E-state index is 5.68. The average molecular weight is 372 g/mol. The second-order valence-electron chi connectivity index (χ2n) is 6.84. The molecule has 0 unspecified atom stereocenters. The number of nitrogens with zero attached hydrogens (tertiary/aromatic N) is 4. The zero-order valence-corrected chi connectivity index (χ0v) is 15.6. The number of morpholine rings is 1. The molecule has 6 heteroatoms. The number of anilines is 1. The van der Waals surface area contributed by atoms with Crippen LogP contribution in [-0.2, 0) is 4.74 Å². The third-order valence-electron chi connectivity index (χ3n) is 5.05. The van der Waals surface area contributed by atoms with Crippen molar-refractivity contribution in [1.29, 1.82) is 0 Å². The lowest BCUT2D eigenvalue weighted by Crippen LogP contribution is -2.37. The van der Waals surface area contributed by atoms with Gasteiger partial charge in [-0.05, 0) is 25.1 Å². The molecule has 1 aliphatic heterocycles. The van der Waals surface area contributed by atoms with Crippen LogP contribution >= 0.6 is 0 Å². The molecule has 0 N–H and O–H groups in total. The Labute approximate surface area is 162 Å². The summed E-state index contributed by atoms with van der Waals surface area (Å²) in [5, 5.41) is 4.17. The number of ether oxygens (including phenoxy) is 1. The highest BCUT2D eigenvalue weighted by molar-refractivity contribution is 5.96. The molecule has 3 aromatic heterocycles. The molecule has 1 aliphatic rings. The van der Waals surface area contributed by atoms with Crippen LogP contribution in [0.4, 0.5) is 5.82 Å². The molecule has 0 spiro atoms. The lowest BCUT2D eigenvalue weighted by molar-refractivity contribution is 0.122. The van der Waals surface area contributed by atoms with Crippen LogP contribution in [0.5, 0.6) is 0 Å². The van der Waals surface area contributed by atoms with Gasteiger partial charge in [0.15, 0.2) is 5.58 Å². The maximum atomic E-state index is 5.68. The van der Waals surface area contributed by atoms with Crippen LogP contribution in [0.1, 0.15) is 5.69 Å². The number of pyridine rings is 2. The van der Waals surface area contributed by atoms with E-state index in [2.05, 4.69) is 39.3 Å². The van der Waals surface area contributed by atoms with E-state index in [1.165, 1.54) is 0 Å². The van der Waals surface area contributed by atoms with E-state index >= 15 is 0 Å². The Balaban J connectivity index is 1.73. The summed E-state index contributed by atoms with van der Waals surface area (Å²) in [5.41, 5.74) is 6.19. The summed E-state index contributed by atoms with van der Waals surface area (Å²) >= 11 is 0. The van der Waals surface area contributed by atoms with Gasteiger partial charge in [-0.2, -0.15) is 0 Å². The molecule has 0 bridgehead atoms. The zero-order valence-electron chi connectivity index (χ0n) is 15.6. The highest BCUT2D eigenvalue weighted by atomic mass is 16.5. The van der Waals surface area contributed by atoms with Gasteiger partial charge < -0.3 is 14.2 Å². The summed E-state index contributed by atoms with van der Waals surface area (Å²) < 4.78 is 11.2. The van der Waals surface area contributed by atoms with Crippen molar-refractivity contribution in [2.45, 2.75) is 6.92 Å². The lowest BCUT2D eigenvalue weighted by atomic mass is 10.0. The van der Waals surface area contributed by atoms with E-state index in [-0.39, 0.29) is 0 Å². The number of hydrogen-bond acceptors (Lipinski definition) is 6. The molecule has 1 fully saturated rings. The first-order valence-corrected chi connectivity index (χ1v) is 9.42. The van der Waals surface area contributed by atoms with Crippen molar-refractivity contribution in [2.75, 3.05) is 31.2 Å². The Morgan fingerprint density at radius 2 is 1.79 bits per heavy atom. The van der Waals surface area contributed by atoms with Gasteiger partial charge in [-0.15, -0.1) is 0 Å². The van der Waals surface area contributed by atoms with Gasteiger partial charge in [0.25, 0.3) is 0 Å². The first-order chi connectivity index (χ1) is 13.8.